The Morgan fingerprint density at radius 2 is 1.89 bits per heavy atom. The summed E-state index contributed by atoms with van der Waals surface area (Å²) in [6.45, 7) is 0. The predicted octanol–water partition coefficient (Wildman–Crippen LogP) is 3.44. The number of carboxylic acid groups (broad SMARTS) is 1. The molecule has 1 N–H and O–H groups in total. The van der Waals surface area contributed by atoms with Crippen LogP contribution < -0.4 is 0 Å². The summed E-state index contributed by atoms with van der Waals surface area (Å²) in [5.41, 5.74) is -0.0606. The van der Waals surface area contributed by atoms with E-state index in [0.29, 0.717) is 12.8 Å². The van der Waals surface area contributed by atoms with Gasteiger partial charge in [0.2, 0.25) is 5.76 Å². The molecule has 0 saturated heterocycles. The van der Waals surface area contributed by atoms with E-state index in [1.165, 1.54) is 0 Å². The minimum atomic E-state index is -4.75. The summed E-state index contributed by atoms with van der Waals surface area (Å²) in [6, 6.07) is 0. The van der Waals surface area contributed by atoms with Gasteiger partial charge in [-0.2, -0.15) is 13.2 Å². The Morgan fingerprint density at radius 1 is 1.28 bits per heavy atom. The van der Waals surface area contributed by atoms with Crippen LogP contribution in [0.4, 0.5) is 13.2 Å². The van der Waals surface area contributed by atoms with E-state index >= 15 is 0 Å². The number of hydrogen-bond acceptors (Lipinski definition) is 3. The van der Waals surface area contributed by atoms with E-state index < -0.39 is 23.8 Å². The fourth-order valence-corrected chi connectivity index (χ4v) is 2.26. The maximum atomic E-state index is 12.5. The van der Waals surface area contributed by atoms with Gasteiger partial charge in [0.05, 0.1) is 5.69 Å². The molecule has 0 aliphatic heterocycles. The maximum absolute atomic E-state index is 12.5. The Morgan fingerprint density at radius 3 is 2.39 bits per heavy atom. The highest BCUT2D eigenvalue weighted by molar-refractivity contribution is 5.85. The van der Waals surface area contributed by atoms with E-state index in [1.54, 1.807) is 0 Å². The summed E-state index contributed by atoms with van der Waals surface area (Å²) in [6.07, 6.45) is -0.676. The molecule has 100 valence electrons. The quantitative estimate of drug-likeness (QED) is 0.887. The van der Waals surface area contributed by atoms with Crippen molar-refractivity contribution in [3.63, 3.8) is 0 Å². The molecule has 2 rings (SSSR count). The molecule has 4 nitrogen and oxygen atoms in total. The number of hydrogen-bond donors (Lipinski definition) is 1. The Hall–Kier alpha value is -1.53. The van der Waals surface area contributed by atoms with Gasteiger partial charge in [0, 0.05) is 5.92 Å². The van der Waals surface area contributed by atoms with Gasteiger partial charge in [0.15, 0.2) is 0 Å². The van der Waals surface area contributed by atoms with Crippen molar-refractivity contribution in [2.24, 2.45) is 0 Å². The average Bonchev–Trinajstić information content (AvgIpc) is 2.74. The van der Waals surface area contributed by atoms with Crippen molar-refractivity contribution in [1.82, 2.24) is 4.98 Å². The lowest BCUT2D eigenvalue weighted by Gasteiger charge is -2.19. The summed E-state index contributed by atoms with van der Waals surface area (Å²) in [7, 11) is 0. The molecule has 1 aromatic heterocycles. The Bertz CT molecular complexity index is 447. The zero-order valence-electron chi connectivity index (χ0n) is 9.46. The number of aromatic carboxylic acids is 1. The topological polar surface area (TPSA) is 63.3 Å². The van der Waals surface area contributed by atoms with E-state index in [4.69, 9.17) is 5.11 Å². The van der Waals surface area contributed by atoms with E-state index in [9.17, 15) is 18.0 Å². The number of carbonyl (C=O) groups is 1. The van der Waals surface area contributed by atoms with Crippen LogP contribution in [-0.2, 0) is 6.18 Å². The van der Waals surface area contributed by atoms with Gasteiger partial charge in [0.1, 0.15) is 0 Å². The second kappa shape index (κ2) is 4.62. The second-order valence-electron chi connectivity index (χ2n) is 4.37. The number of alkyl halides is 3. The highest BCUT2D eigenvalue weighted by atomic mass is 19.4. The zero-order chi connectivity index (χ0) is 13.3. The van der Waals surface area contributed by atoms with Crippen molar-refractivity contribution in [3.05, 3.63) is 17.3 Å². The van der Waals surface area contributed by atoms with E-state index in [0.717, 1.165) is 19.3 Å². The fourth-order valence-electron chi connectivity index (χ4n) is 2.26. The molecular weight excluding hydrogens is 251 g/mol. The lowest BCUT2D eigenvalue weighted by atomic mass is 9.86. The smallest absolute Gasteiger partial charge is 0.468 e. The zero-order valence-corrected chi connectivity index (χ0v) is 9.46. The summed E-state index contributed by atoms with van der Waals surface area (Å²) < 4.78 is 41.7. The van der Waals surface area contributed by atoms with Crippen molar-refractivity contribution >= 4 is 5.97 Å². The van der Waals surface area contributed by atoms with Gasteiger partial charge in [-0.05, 0) is 12.8 Å². The molecule has 0 unspecified atom stereocenters. The predicted molar refractivity (Wildman–Crippen MR) is 54.3 cm³/mol. The van der Waals surface area contributed by atoms with Crippen LogP contribution in [0.2, 0.25) is 0 Å². The number of oxazole rings is 1. The number of rotatable bonds is 2. The van der Waals surface area contributed by atoms with Crippen molar-refractivity contribution in [1.29, 1.82) is 0 Å². The molecule has 1 aliphatic carbocycles. The maximum Gasteiger partial charge on any atom is 0.468 e. The molecule has 7 heteroatoms. The molecule has 0 amide bonds. The van der Waals surface area contributed by atoms with Gasteiger partial charge in [-0.25, -0.2) is 9.78 Å². The highest BCUT2D eigenvalue weighted by Gasteiger charge is 2.40. The van der Waals surface area contributed by atoms with Crippen LogP contribution in [0.25, 0.3) is 0 Å². The van der Waals surface area contributed by atoms with Crippen LogP contribution in [0.15, 0.2) is 4.42 Å². The van der Waals surface area contributed by atoms with Gasteiger partial charge < -0.3 is 9.52 Å². The van der Waals surface area contributed by atoms with Gasteiger partial charge in [-0.15, -0.1) is 0 Å². The van der Waals surface area contributed by atoms with Gasteiger partial charge in [-0.1, -0.05) is 19.3 Å². The van der Waals surface area contributed by atoms with Crippen LogP contribution in [0.3, 0.4) is 0 Å². The van der Waals surface area contributed by atoms with Crippen molar-refractivity contribution in [2.75, 3.05) is 0 Å². The highest BCUT2D eigenvalue weighted by Crippen LogP contribution is 2.37. The number of aromatic nitrogens is 1. The third-order valence-corrected chi connectivity index (χ3v) is 3.08. The molecule has 1 aromatic rings. The van der Waals surface area contributed by atoms with Crippen molar-refractivity contribution < 1.29 is 27.5 Å². The molecule has 0 atom stereocenters. The minimum Gasteiger partial charge on any atom is -0.475 e. The first-order valence-electron chi connectivity index (χ1n) is 5.71. The second-order valence-corrected chi connectivity index (χ2v) is 4.37. The number of nitrogens with zero attached hydrogens (tertiary/aromatic N) is 1. The Kier molecular flexibility index (Phi) is 3.32. The number of halogens is 3. The molecule has 1 aliphatic rings. The first kappa shape index (κ1) is 12.9. The molecule has 0 spiro atoms. The molecular formula is C11H12F3NO3. The average molecular weight is 263 g/mol. The lowest BCUT2D eigenvalue weighted by Crippen LogP contribution is -2.10. The Balaban J connectivity index is 2.38. The monoisotopic (exact) mass is 263 g/mol. The molecule has 0 aromatic carbocycles. The van der Waals surface area contributed by atoms with Crippen LogP contribution in [0.1, 0.15) is 60.2 Å². The molecule has 1 fully saturated rings. The van der Waals surface area contributed by atoms with Crippen LogP contribution in [-0.4, -0.2) is 16.1 Å². The summed E-state index contributed by atoms with van der Waals surface area (Å²) in [4.78, 5) is 14.3. The van der Waals surface area contributed by atoms with Crippen molar-refractivity contribution in [3.8, 4) is 0 Å². The van der Waals surface area contributed by atoms with Gasteiger partial charge in [-0.3, -0.25) is 0 Å². The van der Waals surface area contributed by atoms with Crippen molar-refractivity contribution in [2.45, 2.75) is 44.2 Å². The van der Waals surface area contributed by atoms with E-state index in [-0.39, 0.29) is 11.6 Å². The standard InChI is InChI=1S/C11H12F3NO3/c12-11(13,14)10-15-7(8(18-10)9(16)17)6-4-2-1-3-5-6/h6H,1-5H2,(H,16,17). The molecule has 1 heterocycles. The largest absolute Gasteiger partial charge is 0.475 e. The first-order valence-corrected chi connectivity index (χ1v) is 5.71. The molecule has 18 heavy (non-hydrogen) atoms. The molecule has 1 saturated carbocycles. The first-order chi connectivity index (χ1) is 8.39. The Labute approximate surface area is 101 Å². The van der Waals surface area contributed by atoms with Gasteiger partial charge in [0.25, 0.3) is 0 Å². The van der Waals surface area contributed by atoms with Crippen LogP contribution in [0, 0.1) is 0 Å². The molecule has 0 bridgehead atoms. The third kappa shape index (κ3) is 2.49. The minimum absolute atomic E-state index is 0.0606. The number of carboxylic acids is 1. The lowest BCUT2D eigenvalue weighted by molar-refractivity contribution is -0.157. The SMILES string of the molecule is O=C(O)c1oc(C(F)(F)F)nc1C1CCCCC1. The fraction of sp³-hybridized carbons (Fsp3) is 0.636. The summed E-state index contributed by atoms with van der Waals surface area (Å²) >= 11 is 0. The summed E-state index contributed by atoms with van der Waals surface area (Å²) in [5, 5.41) is 8.87. The normalized spacial score (nSPS) is 17.9. The third-order valence-electron chi connectivity index (χ3n) is 3.08. The molecule has 0 radical (unpaired) electrons. The van der Waals surface area contributed by atoms with Gasteiger partial charge >= 0.3 is 18.0 Å². The van der Waals surface area contributed by atoms with E-state index in [2.05, 4.69) is 9.40 Å². The van der Waals surface area contributed by atoms with Crippen LogP contribution in [0.5, 0.6) is 0 Å². The van der Waals surface area contributed by atoms with E-state index in [1.807, 2.05) is 0 Å². The van der Waals surface area contributed by atoms with Crippen LogP contribution >= 0.6 is 0 Å². The summed E-state index contributed by atoms with van der Waals surface area (Å²) in [5.74, 6) is -3.89.